The van der Waals surface area contributed by atoms with E-state index >= 15 is 0 Å². The summed E-state index contributed by atoms with van der Waals surface area (Å²) in [6, 6.07) is 13.8. The van der Waals surface area contributed by atoms with Crippen LogP contribution in [0.25, 0.3) is 11.0 Å². The first-order chi connectivity index (χ1) is 17.6. The molecule has 0 aliphatic carbocycles. The first kappa shape index (κ1) is 28.0. The molecule has 0 bridgehead atoms. The fourth-order valence-electron chi connectivity index (χ4n) is 4.85. The van der Waals surface area contributed by atoms with E-state index in [0.29, 0.717) is 12.3 Å². The van der Waals surface area contributed by atoms with E-state index in [1.807, 2.05) is 56.3 Å². The molecule has 0 radical (unpaired) electrons. The van der Waals surface area contributed by atoms with Crippen molar-refractivity contribution in [2.75, 3.05) is 0 Å². The second-order valence-corrected chi connectivity index (χ2v) is 10.3. The molecule has 0 saturated carbocycles. The van der Waals surface area contributed by atoms with Crippen LogP contribution in [0.3, 0.4) is 0 Å². The number of benzene rings is 2. The SMILES string of the molecule is CC(=O)CCCCC(C)c1ccc(C(C)/C(C(C)=O)=C(/O)C(=O)CC(C)c2ccc3nc[nH]c3c2)cc1. The summed E-state index contributed by atoms with van der Waals surface area (Å²) in [5.74, 6) is -1.17. The molecule has 0 aliphatic heterocycles. The quantitative estimate of drug-likeness (QED) is 0.148. The van der Waals surface area contributed by atoms with Gasteiger partial charge in [0.2, 0.25) is 0 Å². The molecule has 2 N–H and O–H groups in total. The zero-order chi connectivity index (χ0) is 27.1. The van der Waals surface area contributed by atoms with Crippen molar-refractivity contribution in [2.45, 2.75) is 84.5 Å². The van der Waals surface area contributed by atoms with Crippen LogP contribution in [0.5, 0.6) is 0 Å². The fourth-order valence-corrected chi connectivity index (χ4v) is 4.85. The third-order valence-electron chi connectivity index (χ3n) is 7.26. The number of aromatic nitrogens is 2. The molecule has 0 spiro atoms. The number of rotatable bonds is 13. The highest BCUT2D eigenvalue weighted by atomic mass is 16.3. The van der Waals surface area contributed by atoms with Crippen molar-refractivity contribution >= 4 is 28.4 Å². The van der Waals surface area contributed by atoms with Gasteiger partial charge in [-0.05, 0) is 67.3 Å². The van der Waals surface area contributed by atoms with Gasteiger partial charge in [0.05, 0.1) is 17.4 Å². The minimum atomic E-state index is -0.447. The topological polar surface area (TPSA) is 100 Å². The standard InChI is InChI=1S/C31H38N2O4/c1-19(8-6-7-9-21(3)34)24-10-12-25(13-11-24)22(4)30(23(5)35)31(37)29(36)16-20(2)26-14-15-27-28(17-26)33-18-32-27/h10-15,17-20,22,37H,6-9,16H2,1-5H3,(H,32,33)/b31-30-. The van der Waals surface area contributed by atoms with Crippen molar-refractivity contribution in [2.24, 2.45) is 0 Å². The fraction of sp³-hybridized carbons (Fsp3) is 0.419. The molecule has 196 valence electrons. The van der Waals surface area contributed by atoms with Crippen molar-refractivity contribution in [3.63, 3.8) is 0 Å². The average Bonchev–Trinajstić information content (AvgIpc) is 3.34. The lowest BCUT2D eigenvalue weighted by molar-refractivity contribution is -0.120. The van der Waals surface area contributed by atoms with Gasteiger partial charge in [-0.3, -0.25) is 9.59 Å². The smallest absolute Gasteiger partial charge is 0.198 e. The predicted octanol–water partition coefficient (Wildman–Crippen LogP) is 7.08. The number of aromatic amines is 1. The minimum absolute atomic E-state index is 0.0923. The third-order valence-corrected chi connectivity index (χ3v) is 7.26. The summed E-state index contributed by atoms with van der Waals surface area (Å²) in [5.41, 5.74) is 4.91. The Bertz CT molecular complexity index is 1290. The molecule has 0 aliphatic rings. The van der Waals surface area contributed by atoms with Gasteiger partial charge in [-0.25, -0.2) is 4.98 Å². The minimum Gasteiger partial charge on any atom is -0.504 e. The molecular weight excluding hydrogens is 464 g/mol. The number of imidazole rings is 1. The van der Waals surface area contributed by atoms with Gasteiger partial charge >= 0.3 is 0 Å². The van der Waals surface area contributed by atoms with Crippen molar-refractivity contribution < 1.29 is 19.5 Å². The summed E-state index contributed by atoms with van der Waals surface area (Å²) in [4.78, 5) is 44.0. The van der Waals surface area contributed by atoms with E-state index in [1.165, 1.54) is 12.5 Å². The number of fused-ring (bicyclic) bond motifs is 1. The highest BCUT2D eigenvalue weighted by Crippen LogP contribution is 2.31. The second-order valence-electron chi connectivity index (χ2n) is 10.3. The Morgan fingerprint density at radius 1 is 0.892 bits per heavy atom. The number of hydrogen-bond donors (Lipinski definition) is 2. The summed E-state index contributed by atoms with van der Waals surface area (Å²) < 4.78 is 0. The Hall–Kier alpha value is -3.54. The number of hydrogen-bond acceptors (Lipinski definition) is 5. The number of allylic oxidation sites excluding steroid dienone is 2. The first-order valence-corrected chi connectivity index (χ1v) is 13.1. The summed E-state index contributed by atoms with van der Waals surface area (Å²) in [5, 5.41) is 10.9. The summed E-state index contributed by atoms with van der Waals surface area (Å²) in [6.45, 7) is 8.96. The molecule has 6 heteroatoms. The number of nitrogens with one attached hydrogen (secondary N) is 1. The zero-order valence-electron chi connectivity index (χ0n) is 22.5. The van der Waals surface area contributed by atoms with E-state index in [1.54, 1.807) is 13.3 Å². The number of carbonyl (C=O) groups excluding carboxylic acids is 3. The van der Waals surface area contributed by atoms with E-state index in [4.69, 9.17) is 0 Å². The Morgan fingerprint density at radius 2 is 1.54 bits per heavy atom. The molecule has 1 heterocycles. The summed E-state index contributed by atoms with van der Waals surface area (Å²) in [6.07, 6.45) is 5.26. The molecule has 3 rings (SSSR count). The maximum Gasteiger partial charge on any atom is 0.198 e. The lowest BCUT2D eigenvalue weighted by Crippen LogP contribution is -2.16. The van der Waals surface area contributed by atoms with Crippen molar-refractivity contribution in [3.8, 4) is 0 Å². The van der Waals surface area contributed by atoms with Gasteiger partial charge in [-0.2, -0.15) is 0 Å². The number of ketones is 3. The number of H-pyrrole nitrogens is 1. The van der Waals surface area contributed by atoms with Crippen LogP contribution in [0.2, 0.25) is 0 Å². The van der Waals surface area contributed by atoms with Crippen molar-refractivity contribution in [1.29, 1.82) is 0 Å². The molecule has 6 nitrogen and oxygen atoms in total. The van der Waals surface area contributed by atoms with Gasteiger partial charge in [0.15, 0.2) is 17.3 Å². The zero-order valence-corrected chi connectivity index (χ0v) is 22.5. The van der Waals surface area contributed by atoms with E-state index < -0.39 is 17.5 Å². The molecule has 3 unspecified atom stereocenters. The van der Waals surface area contributed by atoms with Gasteiger partial charge in [-0.15, -0.1) is 0 Å². The van der Waals surface area contributed by atoms with Crippen LogP contribution in [0.4, 0.5) is 0 Å². The number of aliphatic hydroxyl groups is 1. The third kappa shape index (κ3) is 7.25. The predicted molar refractivity (Wildman–Crippen MR) is 147 cm³/mol. The number of Topliss-reactive ketones (excluding diaryl/α,β-unsaturated/α-hetero) is 3. The lowest BCUT2D eigenvalue weighted by Gasteiger charge is -2.18. The van der Waals surface area contributed by atoms with Gasteiger partial charge in [0.25, 0.3) is 0 Å². The monoisotopic (exact) mass is 502 g/mol. The van der Waals surface area contributed by atoms with E-state index in [9.17, 15) is 19.5 Å². The highest BCUT2D eigenvalue weighted by Gasteiger charge is 2.26. The number of unbranched alkanes of at least 4 members (excludes halogenated alkanes) is 1. The summed E-state index contributed by atoms with van der Waals surface area (Å²) >= 11 is 0. The molecule has 0 amide bonds. The van der Waals surface area contributed by atoms with Gasteiger partial charge in [0.1, 0.15) is 5.78 Å². The Labute approximate surface area is 219 Å². The van der Waals surface area contributed by atoms with Crippen LogP contribution in [0, 0.1) is 0 Å². The van der Waals surface area contributed by atoms with Crippen LogP contribution in [0.1, 0.15) is 101 Å². The van der Waals surface area contributed by atoms with Crippen LogP contribution in [-0.4, -0.2) is 32.4 Å². The Kier molecular flexibility index (Phi) is 9.56. The van der Waals surface area contributed by atoms with E-state index in [0.717, 1.165) is 41.4 Å². The molecular formula is C31H38N2O4. The molecule has 3 atom stereocenters. The van der Waals surface area contributed by atoms with Gasteiger partial charge in [0, 0.05) is 24.3 Å². The Morgan fingerprint density at radius 3 is 2.19 bits per heavy atom. The molecule has 3 aromatic rings. The highest BCUT2D eigenvalue weighted by molar-refractivity contribution is 6.05. The largest absolute Gasteiger partial charge is 0.504 e. The molecule has 0 saturated heterocycles. The molecule has 0 fully saturated rings. The molecule has 1 aromatic heterocycles. The summed E-state index contributed by atoms with van der Waals surface area (Å²) in [7, 11) is 0. The second kappa shape index (κ2) is 12.6. The number of carbonyl (C=O) groups is 3. The normalized spacial score (nSPS) is 14.6. The van der Waals surface area contributed by atoms with Crippen molar-refractivity contribution in [3.05, 3.63) is 76.8 Å². The Balaban J connectivity index is 1.71. The first-order valence-electron chi connectivity index (χ1n) is 13.1. The van der Waals surface area contributed by atoms with Gasteiger partial charge in [-0.1, -0.05) is 57.5 Å². The number of nitrogens with zero attached hydrogens (tertiary/aromatic N) is 1. The number of aliphatic hydroxyl groups excluding tert-OH is 1. The molecule has 2 aromatic carbocycles. The molecule has 37 heavy (non-hydrogen) atoms. The maximum absolute atomic E-state index is 13.0. The lowest BCUT2D eigenvalue weighted by atomic mass is 9.86. The van der Waals surface area contributed by atoms with Crippen LogP contribution in [-0.2, 0) is 14.4 Å². The maximum atomic E-state index is 13.0. The van der Waals surface area contributed by atoms with Crippen LogP contribution < -0.4 is 0 Å². The van der Waals surface area contributed by atoms with Crippen molar-refractivity contribution in [1.82, 2.24) is 9.97 Å². The van der Waals surface area contributed by atoms with Crippen LogP contribution >= 0.6 is 0 Å². The van der Waals surface area contributed by atoms with Crippen LogP contribution in [0.15, 0.2) is 60.1 Å². The van der Waals surface area contributed by atoms with E-state index in [-0.39, 0.29) is 29.5 Å². The van der Waals surface area contributed by atoms with E-state index in [2.05, 4.69) is 16.9 Å². The average molecular weight is 503 g/mol. The van der Waals surface area contributed by atoms with Gasteiger partial charge < -0.3 is 14.9 Å².